The molecule has 2 atom stereocenters. The largest absolute Gasteiger partial charge is 0.380 e. The molecule has 0 bridgehead atoms. The van der Waals surface area contributed by atoms with Gasteiger partial charge in [-0.05, 0) is 11.6 Å². The first-order valence-corrected chi connectivity index (χ1v) is 6.00. The third-order valence-corrected chi connectivity index (χ3v) is 3.45. The number of hydrogen-bond acceptors (Lipinski definition) is 3. The lowest BCUT2D eigenvalue weighted by molar-refractivity contribution is -0.138. The van der Waals surface area contributed by atoms with Crippen LogP contribution in [0.4, 0.5) is 5.69 Å². The predicted molar refractivity (Wildman–Crippen MR) is 70.5 cm³/mol. The maximum Gasteiger partial charge on any atom is 0.256 e. The van der Waals surface area contributed by atoms with E-state index in [1.807, 2.05) is 6.07 Å². The van der Waals surface area contributed by atoms with E-state index in [0.29, 0.717) is 16.8 Å². The molecule has 3 N–H and O–H groups in total. The molecule has 2 aromatic carbocycles. The van der Waals surface area contributed by atoms with E-state index in [0.717, 1.165) is 0 Å². The fraction of sp³-hybridized carbons (Fsp3) is 0.133. The monoisotopic (exact) mass is 255 g/mol. The van der Waals surface area contributed by atoms with Crippen molar-refractivity contribution in [3.05, 3.63) is 65.7 Å². The van der Waals surface area contributed by atoms with Crippen LogP contribution in [0.1, 0.15) is 11.1 Å². The normalized spacial score (nSPS) is 25.6. The highest BCUT2D eigenvalue weighted by atomic mass is 16.4. The van der Waals surface area contributed by atoms with E-state index in [1.54, 1.807) is 48.5 Å². The van der Waals surface area contributed by atoms with E-state index in [4.69, 9.17) is 0 Å². The molecule has 96 valence electrons. The van der Waals surface area contributed by atoms with Gasteiger partial charge in [0, 0.05) is 11.3 Å². The Morgan fingerprint density at radius 3 is 2.37 bits per heavy atom. The summed E-state index contributed by atoms with van der Waals surface area (Å²) in [6, 6.07) is 15.6. The molecule has 3 rings (SSSR count). The van der Waals surface area contributed by atoms with E-state index >= 15 is 0 Å². The van der Waals surface area contributed by atoms with Crippen LogP contribution in [0.15, 0.2) is 54.6 Å². The maximum atomic E-state index is 11.8. The minimum Gasteiger partial charge on any atom is -0.380 e. The van der Waals surface area contributed by atoms with Crippen LogP contribution in [0.5, 0.6) is 0 Å². The summed E-state index contributed by atoms with van der Waals surface area (Å²) >= 11 is 0. The van der Waals surface area contributed by atoms with Crippen LogP contribution in [0.25, 0.3) is 0 Å². The van der Waals surface area contributed by atoms with Gasteiger partial charge in [-0.25, -0.2) is 0 Å². The number of anilines is 1. The van der Waals surface area contributed by atoms with Gasteiger partial charge in [-0.1, -0.05) is 48.5 Å². The van der Waals surface area contributed by atoms with Gasteiger partial charge in [0.15, 0.2) is 11.7 Å². The number of para-hydroxylation sites is 1. The molecule has 4 nitrogen and oxygen atoms in total. The number of aliphatic hydroxyl groups excluding tert-OH is 1. The first-order valence-electron chi connectivity index (χ1n) is 6.00. The second-order valence-corrected chi connectivity index (χ2v) is 4.57. The SMILES string of the molecule is O=C1Nc2ccccc2[C@](O)(c2ccccc2)[C@H]1O. The van der Waals surface area contributed by atoms with E-state index in [2.05, 4.69) is 5.32 Å². The van der Waals surface area contributed by atoms with Crippen molar-refractivity contribution in [3.63, 3.8) is 0 Å². The predicted octanol–water partition coefficient (Wildman–Crippen LogP) is 1.24. The Bertz CT molecular complexity index is 626. The standard InChI is InChI=1S/C15H13NO3/c17-13-14(18)16-12-9-5-4-8-11(12)15(13,19)10-6-2-1-3-7-10/h1-9,13,17,19H,(H,16,18)/t13-,15+/m0/s1. The topological polar surface area (TPSA) is 69.6 Å². The van der Waals surface area contributed by atoms with Crippen LogP contribution in [0, 0.1) is 0 Å². The van der Waals surface area contributed by atoms with Crippen LogP contribution in [-0.4, -0.2) is 22.2 Å². The van der Waals surface area contributed by atoms with Crippen LogP contribution in [0.3, 0.4) is 0 Å². The average Bonchev–Trinajstić information content (AvgIpc) is 2.46. The molecule has 0 aliphatic carbocycles. The third-order valence-electron chi connectivity index (χ3n) is 3.45. The second-order valence-electron chi connectivity index (χ2n) is 4.57. The third kappa shape index (κ3) is 1.65. The molecule has 0 saturated heterocycles. The van der Waals surface area contributed by atoms with Gasteiger partial charge in [-0.3, -0.25) is 4.79 Å². The highest BCUT2D eigenvalue weighted by Crippen LogP contribution is 2.40. The zero-order valence-corrected chi connectivity index (χ0v) is 10.1. The van der Waals surface area contributed by atoms with Crippen LogP contribution >= 0.6 is 0 Å². The minimum atomic E-state index is -1.72. The Hall–Kier alpha value is -2.17. The van der Waals surface area contributed by atoms with Crippen molar-refractivity contribution in [2.24, 2.45) is 0 Å². The summed E-state index contributed by atoms with van der Waals surface area (Å²) in [4.78, 5) is 11.8. The smallest absolute Gasteiger partial charge is 0.256 e. The summed E-state index contributed by atoms with van der Waals surface area (Å²) in [5.41, 5.74) is -0.220. The Kier molecular flexibility index (Phi) is 2.62. The molecule has 4 heteroatoms. The number of hydrogen-bond donors (Lipinski definition) is 3. The van der Waals surface area contributed by atoms with Crippen molar-refractivity contribution in [2.75, 3.05) is 5.32 Å². The van der Waals surface area contributed by atoms with Gasteiger partial charge in [0.05, 0.1) is 0 Å². The highest BCUT2D eigenvalue weighted by Gasteiger charge is 2.48. The first-order chi connectivity index (χ1) is 9.14. The molecule has 0 radical (unpaired) electrons. The van der Waals surface area contributed by atoms with Crippen molar-refractivity contribution in [1.29, 1.82) is 0 Å². The summed E-state index contributed by atoms with van der Waals surface area (Å²) in [5.74, 6) is -0.606. The number of carbonyl (C=O) groups is 1. The molecule has 1 amide bonds. The number of amides is 1. The van der Waals surface area contributed by atoms with E-state index in [-0.39, 0.29) is 0 Å². The van der Waals surface area contributed by atoms with Gasteiger partial charge in [-0.2, -0.15) is 0 Å². The van der Waals surface area contributed by atoms with Crippen molar-refractivity contribution in [3.8, 4) is 0 Å². The first kappa shape index (κ1) is 11.9. The number of fused-ring (bicyclic) bond motifs is 1. The lowest BCUT2D eigenvalue weighted by atomic mass is 9.78. The van der Waals surface area contributed by atoms with Crippen molar-refractivity contribution >= 4 is 11.6 Å². The molecule has 2 aromatic rings. The van der Waals surface area contributed by atoms with Crippen LogP contribution in [-0.2, 0) is 10.4 Å². The second kappa shape index (κ2) is 4.19. The summed E-state index contributed by atoms with van der Waals surface area (Å²) in [6.45, 7) is 0. The van der Waals surface area contributed by atoms with Gasteiger partial charge >= 0.3 is 0 Å². The molecular formula is C15H13NO3. The lowest BCUT2D eigenvalue weighted by Gasteiger charge is -2.38. The molecular weight excluding hydrogens is 242 g/mol. The number of aliphatic hydroxyl groups is 2. The molecule has 0 saturated carbocycles. The summed E-state index contributed by atoms with van der Waals surface area (Å²) in [6.07, 6.45) is -1.54. The molecule has 0 spiro atoms. The highest BCUT2D eigenvalue weighted by molar-refractivity contribution is 5.99. The van der Waals surface area contributed by atoms with Crippen LogP contribution in [0.2, 0.25) is 0 Å². The van der Waals surface area contributed by atoms with Gasteiger partial charge in [0.2, 0.25) is 0 Å². The quantitative estimate of drug-likeness (QED) is 0.718. The van der Waals surface area contributed by atoms with E-state index in [9.17, 15) is 15.0 Å². The summed E-state index contributed by atoms with van der Waals surface area (Å²) in [7, 11) is 0. The molecule has 0 aromatic heterocycles. The van der Waals surface area contributed by atoms with E-state index < -0.39 is 17.6 Å². The molecule has 0 fully saturated rings. The number of rotatable bonds is 1. The Labute approximate surface area is 110 Å². The molecule has 1 aliphatic rings. The molecule has 0 unspecified atom stereocenters. The zero-order chi connectivity index (χ0) is 13.5. The molecule has 1 aliphatic heterocycles. The minimum absolute atomic E-state index is 0.491. The number of nitrogens with one attached hydrogen (secondary N) is 1. The van der Waals surface area contributed by atoms with Gasteiger partial charge in [-0.15, -0.1) is 0 Å². The average molecular weight is 255 g/mol. The van der Waals surface area contributed by atoms with Crippen molar-refractivity contribution in [1.82, 2.24) is 0 Å². The number of carbonyl (C=O) groups excluding carboxylic acids is 1. The van der Waals surface area contributed by atoms with Gasteiger partial charge in [0.25, 0.3) is 5.91 Å². The molecule has 19 heavy (non-hydrogen) atoms. The Balaban J connectivity index is 2.26. The van der Waals surface area contributed by atoms with Gasteiger partial charge < -0.3 is 15.5 Å². The zero-order valence-electron chi connectivity index (χ0n) is 10.1. The summed E-state index contributed by atoms with van der Waals surface area (Å²) in [5, 5.41) is 23.6. The van der Waals surface area contributed by atoms with Crippen molar-refractivity contribution < 1.29 is 15.0 Å². The molecule has 1 heterocycles. The Morgan fingerprint density at radius 1 is 1.00 bits per heavy atom. The van der Waals surface area contributed by atoms with E-state index in [1.165, 1.54) is 0 Å². The van der Waals surface area contributed by atoms with Crippen LogP contribution < -0.4 is 5.32 Å². The maximum absolute atomic E-state index is 11.8. The Morgan fingerprint density at radius 2 is 1.63 bits per heavy atom. The fourth-order valence-corrected chi connectivity index (χ4v) is 2.47. The lowest BCUT2D eigenvalue weighted by Crippen LogP contribution is -2.51. The summed E-state index contributed by atoms with van der Waals surface area (Å²) < 4.78 is 0. The fourth-order valence-electron chi connectivity index (χ4n) is 2.47. The van der Waals surface area contributed by atoms with Crippen molar-refractivity contribution in [2.45, 2.75) is 11.7 Å². The van der Waals surface area contributed by atoms with Gasteiger partial charge in [0.1, 0.15) is 0 Å². The number of benzene rings is 2.